The van der Waals surface area contributed by atoms with Crippen molar-refractivity contribution in [2.45, 2.75) is 37.8 Å². The number of nitrogens with two attached hydrogens (primary N) is 3. The second-order valence-corrected chi connectivity index (χ2v) is 7.75. The fraction of sp³-hybridized carbons (Fsp3) is 0.364. The van der Waals surface area contributed by atoms with E-state index < -0.39 is 29.8 Å². The highest BCUT2D eigenvalue weighted by Crippen LogP contribution is 2.28. The molecule has 0 saturated carbocycles. The number of likely N-dealkylation sites (tertiary alicyclic amines) is 1. The number of guanidine groups is 1. The first-order valence-corrected chi connectivity index (χ1v) is 10.5. The summed E-state index contributed by atoms with van der Waals surface area (Å²) in [6.45, 7) is 0.663. The molecule has 2 atom stereocenters. The van der Waals surface area contributed by atoms with Gasteiger partial charge >= 0.3 is 1.43 Å². The molecule has 0 spiro atoms. The van der Waals surface area contributed by atoms with E-state index in [4.69, 9.17) is 17.2 Å². The maximum Gasteiger partial charge on any atom is 1.00 e. The number of phenols is 1. The zero-order valence-corrected chi connectivity index (χ0v) is 18.8. The van der Waals surface area contributed by atoms with Crippen LogP contribution in [0.4, 0.5) is 0 Å². The number of phenolic OH excluding ortho intramolecular Hbond substituents is 1. The molecule has 0 radical (unpaired) electrons. The fourth-order valence-electron chi connectivity index (χ4n) is 3.96. The van der Waals surface area contributed by atoms with Gasteiger partial charge in [-0.2, -0.15) is 0 Å². The Balaban J connectivity index is 0.00000289. The van der Waals surface area contributed by atoms with E-state index in [0.717, 1.165) is 5.39 Å². The number of primary amides is 1. The summed E-state index contributed by atoms with van der Waals surface area (Å²) in [5.74, 6) is -1.80. The van der Waals surface area contributed by atoms with Crippen LogP contribution in [0.1, 0.15) is 37.5 Å². The maximum absolute atomic E-state index is 13.2. The first-order valence-electron chi connectivity index (χ1n) is 10.5. The number of nitrogens with zero attached hydrogens (tertiary/aromatic N) is 2. The fourth-order valence-corrected chi connectivity index (χ4v) is 3.96. The summed E-state index contributed by atoms with van der Waals surface area (Å²) in [6.07, 6.45) is 1.81. The number of hydrogen-bond acceptors (Lipinski definition) is 5. The lowest BCUT2D eigenvalue weighted by Gasteiger charge is -2.28. The number of carbonyl (C=O) groups excluding carboxylic acids is 3. The standard InChI is InChI=1S/C22H28N6O4.ClH/c23-19(30)17-8-4-12-28(17)21(32)16(7-3-11-26-22(24)25)27-20(31)15-10-9-13-5-1-2-6-14(13)18(15)29;/h1-2,5-6,9-10,16-17,29H,3-4,7-8,11-12H2,(H2,23,30)(H,27,31)(H4,24,25,26);1H/t16-,17-;/m0./s1. The molecule has 1 fully saturated rings. The monoisotopic (exact) mass is 476 g/mol. The van der Waals surface area contributed by atoms with Crippen LogP contribution < -0.4 is 34.9 Å². The average Bonchev–Trinajstić information content (AvgIpc) is 3.26. The van der Waals surface area contributed by atoms with Crippen molar-refractivity contribution in [3.05, 3.63) is 42.0 Å². The van der Waals surface area contributed by atoms with Crippen LogP contribution in [0.2, 0.25) is 0 Å². The lowest BCUT2D eigenvalue weighted by molar-refractivity contribution is -0.139. The van der Waals surface area contributed by atoms with Crippen molar-refractivity contribution in [1.82, 2.24) is 10.2 Å². The Hall–Kier alpha value is -3.53. The molecular formula is C22H29ClN6O4. The highest BCUT2D eigenvalue weighted by Gasteiger charge is 2.36. The van der Waals surface area contributed by atoms with Gasteiger partial charge in [0, 0.05) is 18.5 Å². The molecule has 3 rings (SSSR count). The second-order valence-electron chi connectivity index (χ2n) is 7.75. The predicted molar refractivity (Wildman–Crippen MR) is 122 cm³/mol. The van der Waals surface area contributed by atoms with Crippen molar-refractivity contribution in [2.24, 2.45) is 22.2 Å². The van der Waals surface area contributed by atoms with Crippen LogP contribution in [-0.2, 0) is 9.59 Å². The summed E-state index contributed by atoms with van der Waals surface area (Å²) < 4.78 is 0. The lowest BCUT2D eigenvalue weighted by Crippen LogP contribution is -3.00. The number of rotatable bonds is 8. The summed E-state index contributed by atoms with van der Waals surface area (Å²) in [5, 5.41) is 14.6. The minimum atomic E-state index is -0.928. The average molecular weight is 477 g/mol. The lowest BCUT2D eigenvalue weighted by atomic mass is 10.0. The van der Waals surface area contributed by atoms with Gasteiger partial charge in [-0.05, 0) is 37.1 Å². The number of nitrogens with one attached hydrogen (secondary N) is 1. The Morgan fingerprint density at radius 1 is 1.18 bits per heavy atom. The third-order valence-electron chi connectivity index (χ3n) is 5.56. The van der Waals surface area contributed by atoms with E-state index in [1.54, 1.807) is 18.2 Å². The SMILES string of the molecule is NC(=O)[C@@H]1CCCN1C(=O)[C@H](CCCN=C(N)N)NC(=O)c1ccc2ccccc2c1O.[Cl-].[H+]. The summed E-state index contributed by atoms with van der Waals surface area (Å²) in [4.78, 5) is 43.3. The van der Waals surface area contributed by atoms with Crippen molar-refractivity contribution in [3.8, 4) is 5.75 Å². The van der Waals surface area contributed by atoms with Gasteiger partial charge in [-0.25, -0.2) is 0 Å². The molecule has 178 valence electrons. The molecule has 3 amide bonds. The summed E-state index contributed by atoms with van der Waals surface area (Å²) in [6, 6.07) is 8.73. The van der Waals surface area contributed by atoms with Crippen molar-refractivity contribution in [3.63, 3.8) is 0 Å². The van der Waals surface area contributed by atoms with E-state index in [0.29, 0.717) is 31.2 Å². The quantitative estimate of drug-likeness (QED) is 0.157. The molecule has 0 bridgehead atoms. The van der Waals surface area contributed by atoms with Gasteiger partial charge in [0.15, 0.2) is 5.96 Å². The minimum Gasteiger partial charge on any atom is -1.00 e. The molecule has 2 aromatic rings. The van der Waals surface area contributed by atoms with Crippen LogP contribution in [0.3, 0.4) is 0 Å². The highest BCUT2D eigenvalue weighted by atomic mass is 35.5. The van der Waals surface area contributed by atoms with E-state index in [9.17, 15) is 19.5 Å². The Bertz CT molecular complexity index is 1060. The van der Waals surface area contributed by atoms with Crippen molar-refractivity contribution in [2.75, 3.05) is 13.1 Å². The normalized spacial score (nSPS) is 16.0. The number of aromatic hydroxyl groups is 1. The largest absolute Gasteiger partial charge is 1.00 e. The first kappa shape index (κ1) is 25.7. The van der Waals surface area contributed by atoms with Gasteiger partial charge < -0.3 is 44.9 Å². The number of halogens is 1. The smallest absolute Gasteiger partial charge is 1.00 e. The van der Waals surface area contributed by atoms with E-state index in [1.165, 1.54) is 11.0 Å². The highest BCUT2D eigenvalue weighted by molar-refractivity contribution is 6.05. The van der Waals surface area contributed by atoms with Crippen molar-refractivity contribution in [1.29, 1.82) is 0 Å². The van der Waals surface area contributed by atoms with Gasteiger partial charge in [-0.15, -0.1) is 0 Å². The van der Waals surface area contributed by atoms with Crippen LogP contribution in [0, 0.1) is 0 Å². The molecule has 1 aliphatic rings. The zero-order valence-electron chi connectivity index (χ0n) is 19.0. The Labute approximate surface area is 199 Å². The number of amides is 3. The number of hydrogen-bond donors (Lipinski definition) is 5. The van der Waals surface area contributed by atoms with Crippen LogP contribution in [0.15, 0.2) is 41.4 Å². The first-order chi connectivity index (χ1) is 15.3. The van der Waals surface area contributed by atoms with Crippen LogP contribution in [-0.4, -0.2) is 58.9 Å². The van der Waals surface area contributed by atoms with E-state index in [-0.39, 0.29) is 44.1 Å². The molecular weight excluding hydrogens is 448 g/mol. The third kappa shape index (κ3) is 6.04. The Morgan fingerprint density at radius 3 is 2.61 bits per heavy atom. The van der Waals surface area contributed by atoms with Crippen LogP contribution in [0.25, 0.3) is 10.8 Å². The number of benzene rings is 2. The number of carbonyl (C=O) groups is 3. The van der Waals surface area contributed by atoms with Gasteiger partial charge in [0.25, 0.3) is 5.91 Å². The van der Waals surface area contributed by atoms with E-state index >= 15 is 0 Å². The number of fused-ring (bicyclic) bond motifs is 1. The van der Waals surface area contributed by atoms with Gasteiger partial charge in [-0.1, -0.05) is 30.3 Å². The molecule has 1 heterocycles. The van der Waals surface area contributed by atoms with Crippen LogP contribution >= 0.6 is 0 Å². The molecule has 2 aromatic carbocycles. The molecule has 10 nitrogen and oxygen atoms in total. The van der Waals surface area contributed by atoms with Gasteiger partial charge in [0.2, 0.25) is 11.8 Å². The van der Waals surface area contributed by atoms with Crippen molar-refractivity contribution < 1.29 is 33.3 Å². The van der Waals surface area contributed by atoms with Gasteiger partial charge in [0.1, 0.15) is 17.8 Å². The predicted octanol–water partition coefficient (Wildman–Crippen LogP) is -2.71. The molecule has 0 aliphatic carbocycles. The van der Waals surface area contributed by atoms with Gasteiger partial charge in [0.05, 0.1) is 5.56 Å². The zero-order chi connectivity index (χ0) is 23.3. The Morgan fingerprint density at radius 2 is 1.91 bits per heavy atom. The van der Waals surface area contributed by atoms with E-state index in [1.807, 2.05) is 12.1 Å². The summed E-state index contributed by atoms with van der Waals surface area (Å²) in [5.41, 5.74) is 16.2. The molecule has 1 saturated heterocycles. The maximum atomic E-state index is 13.2. The van der Waals surface area contributed by atoms with Gasteiger partial charge in [-0.3, -0.25) is 19.4 Å². The Kier molecular flexibility index (Phi) is 8.86. The molecule has 0 unspecified atom stereocenters. The molecule has 0 aromatic heterocycles. The summed E-state index contributed by atoms with van der Waals surface area (Å²) >= 11 is 0. The minimum absolute atomic E-state index is 0. The molecule has 11 heteroatoms. The number of aliphatic imine (C=N–C) groups is 1. The second kappa shape index (κ2) is 11.4. The molecule has 8 N–H and O–H groups in total. The molecule has 33 heavy (non-hydrogen) atoms. The third-order valence-corrected chi connectivity index (χ3v) is 5.56. The van der Waals surface area contributed by atoms with E-state index in [2.05, 4.69) is 10.3 Å². The summed E-state index contributed by atoms with van der Waals surface area (Å²) in [7, 11) is 0. The molecule has 1 aliphatic heterocycles. The van der Waals surface area contributed by atoms with Crippen LogP contribution in [0.5, 0.6) is 5.75 Å². The topological polar surface area (TPSA) is 177 Å². The van der Waals surface area contributed by atoms with Crippen molar-refractivity contribution >= 4 is 34.5 Å².